The van der Waals surface area contributed by atoms with Gasteiger partial charge in [0.25, 0.3) is 0 Å². The number of hydrogen-bond donors (Lipinski definition) is 1. The van der Waals surface area contributed by atoms with Crippen molar-refractivity contribution in [2.45, 2.75) is 39.8 Å². The molecule has 0 bridgehead atoms. The minimum Gasteiger partial charge on any atom is -0.336 e. The predicted molar refractivity (Wildman–Crippen MR) is 80.0 cm³/mol. The molecule has 1 aromatic carbocycles. The maximum atomic E-state index is 12.4. The fourth-order valence-electron chi connectivity index (χ4n) is 2.00. The van der Waals surface area contributed by atoms with E-state index in [2.05, 4.69) is 0 Å². The first-order valence-corrected chi connectivity index (χ1v) is 7.08. The molecule has 19 heavy (non-hydrogen) atoms. The van der Waals surface area contributed by atoms with E-state index in [4.69, 9.17) is 17.3 Å². The summed E-state index contributed by atoms with van der Waals surface area (Å²) < 4.78 is 0. The molecule has 0 aliphatic rings. The molecule has 4 heteroatoms. The predicted octanol–water partition coefficient (Wildman–Crippen LogP) is 3.06. The SMILES string of the molecule is CC(CCN)C(=O)N(Cc1cccc(Cl)c1)C(C)C. The summed E-state index contributed by atoms with van der Waals surface area (Å²) >= 11 is 5.98. The fraction of sp³-hybridized carbons (Fsp3) is 0.533. The Bertz CT molecular complexity index is 420. The van der Waals surface area contributed by atoms with Crippen LogP contribution in [0.5, 0.6) is 0 Å². The van der Waals surface area contributed by atoms with Crippen molar-refractivity contribution in [1.82, 2.24) is 4.90 Å². The molecule has 0 aromatic heterocycles. The van der Waals surface area contributed by atoms with Gasteiger partial charge in [-0.3, -0.25) is 4.79 Å². The average molecular weight is 283 g/mol. The highest BCUT2D eigenvalue weighted by Gasteiger charge is 2.22. The lowest BCUT2D eigenvalue weighted by Crippen LogP contribution is -2.40. The number of benzene rings is 1. The van der Waals surface area contributed by atoms with E-state index < -0.39 is 0 Å². The van der Waals surface area contributed by atoms with Gasteiger partial charge < -0.3 is 10.6 Å². The molecule has 0 saturated carbocycles. The summed E-state index contributed by atoms with van der Waals surface area (Å²) in [5, 5.41) is 0.698. The molecule has 1 unspecified atom stereocenters. The largest absolute Gasteiger partial charge is 0.336 e. The standard InChI is InChI=1S/C15H23ClN2O/c1-11(2)18(15(19)12(3)7-8-17)10-13-5-4-6-14(16)9-13/h4-6,9,11-12H,7-8,10,17H2,1-3H3. The molecule has 106 valence electrons. The number of rotatable bonds is 6. The molecule has 0 spiro atoms. The molecule has 0 aliphatic heterocycles. The van der Waals surface area contributed by atoms with E-state index in [1.165, 1.54) is 0 Å². The monoisotopic (exact) mass is 282 g/mol. The highest BCUT2D eigenvalue weighted by molar-refractivity contribution is 6.30. The van der Waals surface area contributed by atoms with E-state index in [9.17, 15) is 4.79 Å². The van der Waals surface area contributed by atoms with E-state index in [1.54, 1.807) is 0 Å². The number of amides is 1. The molecular formula is C15H23ClN2O. The second-order valence-corrected chi connectivity index (χ2v) is 5.60. The van der Waals surface area contributed by atoms with Crippen LogP contribution in [0.3, 0.4) is 0 Å². The average Bonchev–Trinajstić information content (AvgIpc) is 2.35. The second kappa shape index (κ2) is 7.51. The maximum Gasteiger partial charge on any atom is 0.225 e. The number of carbonyl (C=O) groups excluding carboxylic acids is 1. The summed E-state index contributed by atoms with van der Waals surface area (Å²) in [4.78, 5) is 14.3. The summed E-state index contributed by atoms with van der Waals surface area (Å²) in [5.74, 6) is 0.118. The van der Waals surface area contributed by atoms with Gasteiger partial charge in [0.05, 0.1) is 0 Å². The molecular weight excluding hydrogens is 260 g/mol. The number of carbonyl (C=O) groups is 1. The van der Waals surface area contributed by atoms with Gasteiger partial charge in [0, 0.05) is 23.5 Å². The van der Waals surface area contributed by atoms with E-state index in [0.29, 0.717) is 18.1 Å². The van der Waals surface area contributed by atoms with Crippen LogP contribution in [0.4, 0.5) is 0 Å². The van der Waals surface area contributed by atoms with Crippen molar-refractivity contribution in [2.24, 2.45) is 11.7 Å². The third-order valence-electron chi connectivity index (χ3n) is 3.17. The van der Waals surface area contributed by atoms with Crippen LogP contribution in [0.1, 0.15) is 32.8 Å². The van der Waals surface area contributed by atoms with Crippen LogP contribution >= 0.6 is 11.6 Å². The number of nitrogens with zero attached hydrogens (tertiary/aromatic N) is 1. The minimum atomic E-state index is -0.0356. The molecule has 2 N–H and O–H groups in total. The van der Waals surface area contributed by atoms with E-state index >= 15 is 0 Å². The van der Waals surface area contributed by atoms with Crippen LogP contribution in [0.15, 0.2) is 24.3 Å². The normalized spacial score (nSPS) is 12.5. The van der Waals surface area contributed by atoms with Crippen LogP contribution in [0.25, 0.3) is 0 Å². The summed E-state index contributed by atoms with van der Waals surface area (Å²) in [6, 6.07) is 7.79. The Morgan fingerprint density at radius 2 is 2.05 bits per heavy atom. The minimum absolute atomic E-state index is 0.0356. The van der Waals surface area contributed by atoms with Crippen molar-refractivity contribution in [3.63, 3.8) is 0 Å². The lowest BCUT2D eigenvalue weighted by atomic mass is 10.0. The quantitative estimate of drug-likeness (QED) is 0.872. The Kier molecular flexibility index (Phi) is 6.32. The van der Waals surface area contributed by atoms with Gasteiger partial charge in [0.1, 0.15) is 0 Å². The van der Waals surface area contributed by atoms with Gasteiger partial charge in [0.2, 0.25) is 5.91 Å². The van der Waals surface area contributed by atoms with Crippen LogP contribution in [0, 0.1) is 5.92 Å². The van der Waals surface area contributed by atoms with Gasteiger partial charge >= 0.3 is 0 Å². The van der Waals surface area contributed by atoms with Crippen LogP contribution in [-0.4, -0.2) is 23.4 Å². The molecule has 3 nitrogen and oxygen atoms in total. The van der Waals surface area contributed by atoms with Gasteiger partial charge in [0.15, 0.2) is 0 Å². The first kappa shape index (κ1) is 16.0. The first-order valence-electron chi connectivity index (χ1n) is 6.70. The van der Waals surface area contributed by atoms with Gasteiger partial charge in [-0.15, -0.1) is 0 Å². The van der Waals surface area contributed by atoms with Crippen molar-refractivity contribution in [3.05, 3.63) is 34.9 Å². The zero-order valence-corrected chi connectivity index (χ0v) is 12.7. The van der Waals surface area contributed by atoms with Gasteiger partial charge in [-0.25, -0.2) is 0 Å². The molecule has 1 amide bonds. The highest BCUT2D eigenvalue weighted by Crippen LogP contribution is 2.17. The van der Waals surface area contributed by atoms with Gasteiger partial charge in [-0.2, -0.15) is 0 Å². The molecule has 1 rings (SSSR count). The lowest BCUT2D eigenvalue weighted by molar-refractivity contribution is -0.137. The van der Waals surface area contributed by atoms with Crippen LogP contribution in [-0.2, 0) is 11.3 Å². The van der Waals surface area contributed by atoms with E-state index in [0.717, 1.165) is 12.0 Å². The Balaban J connectivity index is 2.81. The summed E-state index contributed by atoms with van der Waals surface area (Å²) in [5.41, 5.74) is 6.58. The molecule has 1 aromatic rings. The summed E-state index contributed by atoms with van der Waals surface area (Å²) in [7, 11) is 0. The van der Waals surface area contributed by atoms with Crippen molar-refractivity contribution in [1.29, 1.82) is 0 Å². The summed E-state index contributed by atoms with van der Waals surface area (Å²) in [6.07, 6.45) is 0.720. The fourth-order valence-corrected chi connectivity index (χ4v) is 2.22. The Morgan fingerprint density at radius 3 is 2.58 bits per heavy atom. The Morgan fingerprint density at radius 1 is 1.37 bits per heavy atom. The number of hydrogen-bond acceptors (Lipinski definition) is 2. The van der Waals surface area contributed by atoms with E-state index in [-0.39, 0.29) is 17.9 Å². The van der Waals surface area contributed by atoms with Crippen molar-refractivity contribution in [3.8, 4) is 0 Å². The second-order valence-electron chi connectivity index (χ2n) is 5.17. The zero-order chi connectivity index (χ0) is 14.4. The Hall–Kier alpha value is -1.06. The van der Waals surface area contributed by atoms with Crippen LogP contribution < -0.4 is 5.73 Å². The molecule has 0 aliphatic carbocycles. The molecule has 0 heterocycles. The molecule has 0 radical (unpaired) electrons. The topological polar surface area (TPSA) is 46.3 Å². The molecule has 1 atom stereocenters. The van der Waals surface area contributed by atoms with Crippen molar-refractivity contribution in [2.75, 3.05) is 6.54 Å². The van der Waals surface area contributed by atoms with E-state index in [1.807, 2.05) is 49.9 Å². The van der Waals surface area contributed by atoms with Crippen LogP contribution in [0.2, 0.25) is 5.02 Å². The van der Waals surface area contributed by atoms with Crippen molar-refractivity contribution >= 4 is 17.5 Å². The number of nitrogens with two attached hydrogens (primary N) is 1. The first-order chi connectivity index (χ1) is 8.95. The zero-order valence-electron chi connectivity index (χ0n) is 11.9. The van der Waals surface area contributed by atoms with Gasteiger partial charge in [-0.05, 0) is 44.5 Å². The lowest BCUT2D eigenvalue weighted by Gasteiger charge is -2.29. The number of halogens is 1. The smallest absolute Gasteiger partial charge is 0.225 e. The highest BCUT2D eigenvalue weighted by atomic mass is 35.5. The third kappa shape index (κ3) is 4.84. The third-order valence-corrected chi connectivity index (χ3v) is 3.40. The molecule has 0 fully saturated rings. The molecule has 0 saturated heterocycles. The van der Waals surface area contributed by atoms with Crippen molar-refractivity contribution < 1.29 is 4.79 Å². The maximum absolute atomic E-state index is 12.4. The van der Waals surface area contributed by atoms with Gasteiger partial charge in [-0.1, -0.05) is 30.7 Å². The Labute approximate surface area is 120 Å². The summed E-state index contributed by atoms with van der Waals surface area (Å²) in [6.45, 7) is 7.11.